The van der Waals surface area contributed by atoms with Crippen LogP contribution in [0.2, 0.25) is 0 Å². The number of benzene rings is 1. The highest BCUT2D eigenvalue weighted by molar-refractivity contribution is 5.77. The summed E-state index contributed by atoms with van der Waals surface area (Å²) in [5.74, 6) is -0.0439. The Balaban J connectivity index is 2.81. The fourth-order valence-electron chi connectivity index (χ4n) is 1.37. The van der Waals surface area contributed by atoms with Gasteiger partial charge in [-0.3, -0.25) is 4.79 Å². The zero-order valence-electron chi connectivity index (χ0n) is 8.43. The van der Waals surface area contributed by atoms with Crippen molar-refractivity contribution in [1.29, 1.82) is 0 Å². The van der Waals surface area contributed by atoms with Gasteiger partial charge in [-0.2, -0.15) is 0 Å². The highest BCUT2D eigenvalue weighted by atomic mass is 16.4. The van der Waals surface area contributed by atoms with Crippen LogP contribution in [0.15, 0.2) is 30.3 Å². The Kier molecular flexibility index (Phi) is 3.85. The molecule has 0 spiro atoms. The average molecular weight is 207 g/mol. The van der Waals surface area contributed by atoms with Gasteiger partial charge in [0.15, 0.2) is 0 Å². The van der Waals surface area contributed by atoms with E-state index in [1.54, 1.807) is 12.1 Å². The Bertz CT molecular complexity index is 332. The number of carboxylic acid groups (broad SMARTS) is 1. The molecule has 1 aromatic rings. The van der Waals surface area contributed by atoms with Gasteiger partial charge < -0.3 is 10.4 Å². The summed E-state index contributed by atoms with van der Waals surface area (Å²) in [5, 5.41) is 11.0. The molecule has 1 unspecified atom stereocenters. The normalized spacial score (nSPS) is 11.8. The van der Waals surface area contributed by atoms with Crippen LogP contribution in [0.3, 0.4) is 0 Å². The minimum atomic E-state index is -1.12. The van der Waals surface area contributed by atoms with Crippen LogP contribution in [0.5, 0.6) is 0 Å². The maximum absolute atomic E-state index is 11.0. The van der Waals surface area contributed by atoms with Crippen LogP contribution in [-0.4, -0.2) is 17.0 Å². The molecular weight excluding hydrogens is 194 g/mol. The quantitative estimate of drug-likeness (QED) is 0.793. The molecule has 1 amide bonds. The van der Waals surface area contributed by atoms with Gasteiger partial charge in [0.2, 0.25) is 0 Å². The lowest BCUT2D eigenvalue weighted by Crippen LogP contribution is -2.28. The Morgan fingerprint density at radius 1 is 1.33 bits per heavy atom. The second-order valence-electron chi connectivity index (χ2n) is 3.32. The number of hydrogen-bond donors (Lipinski definition) is 2. The third-order valence-corrected chi connectivity index (χ3v) is 1.99. The monoisotopic (exact) mass is 207 g/mol. The third-order valence-electron chi connectivity index (χ3n) is 1.99. The maximum Gasteiger partial charge on any atom is 0.405 e. The van der Waals surface area contributed by atoms with Crippen LogP contribution in [0.25, 0.3) is 0 Å². The van der Waals surface area contributed by atoms with E-state index in [0.29, 0.717) is 0 Å². The molecule has 0 aliphatic rings. The summed E-state index contributed by atoms with van der Waals surface area (Å²) in [7, 11) is 0. The summed E-state index contributed by atoms with van der Waals surface area (Å²) in [6.45, 7) is 1.44. The van der Waals surface area contributed by atoms with E-state index in [1.165, 1.54) is 6.92 Å². The lowest BCUT2D eigenvalue weighted by Gasteiger charge is -2.15. The molecule has 4 heteroatoms. The Labute approximate surface area is 87.9 Å². The molecule has 0 saturated carbocycles. The van der Waals surface area contributed by atoms with Crippen LogP contribution in [0, 0.1) is 0 Å². The van der Waals surface area contributed by atoms with E-state index in [9.17, 15) is 9.59 Å². The largest absolute Gasteiger partial charge is 0.465 e. The first-order chi connectivity index (χ1) is 7.09. The topological polar surface area (TPSA) is 66.4 Å². The van der Waals surface area contributed by atoms with Crippen molar-refractivity contribution < 1.29 is 14.7 Å². The van der Waals surface area contributed by atoms with Gasteiger partial charge in [0.1, 0.15) is 5.78 Å². The molecule has 0 fully saturated rings. The van der Waals surface area contributed by atoms with Crippen molar-refractivity contribution in [3.05, 3.63) is 35.9 Å². The number of amides is 1. The number of rotatable bonds is 4. The second-order valence-corrected chi connectivity index (χ2v) is 3.32. The Morgan fingerprint density at radius 2 is 1.93 bits per heavy atom. The maximum atomic E-state index is 11.0. The van der Waals surface area contributed by atoms with Gasteiger partial charge >= 0.3 is 6.09 Å². The second kappa shape index (κ2) is 5.14. The number of hydrogen-bond acceptors (Lipinski definition) is 2. The zero-order chi connectivity index (χ0) is 11.3. The summed E-state index contributed by atoms with van der Waals surface area (Å²) in [5.41, 5.74) is 0.801. The molecule has 0 aliphatic carbocycles. The molecule has 4 nitrogen and oxygen atoms in total. The smallest absolute Gasteiger partial charge is 0.405 e. The van der Waals surface area contributed by atoms with Crippen LogP contribution < -0.4 is 5.32 Å². The summed E-state index contributed by atoms with van der Waals surface area (Å²) in [6.07, 6.45) is -0.943. The summed E-state index contributed by atoms with van der Waals surface area (Å²) in [4.78, 5) is 21.5. The standard InChI is InChI=1S/C11H13NO3/c1-8(13)7-10(12-11(14)15)9-5-3-2-4-6-9/h2-6,10,12H,7H2,1H3,(H,14,15). The Hall–Kier alpha value is -1.84. The molecule has 0 aliphatic heterocycles. The molecular formula is C11H13NO3. The minimum absolute atomic E-state index is 0.0439. The van der Waals surface area contributed by atoms with Crippen molar-refractivity contribution in [2.45, 2.75) is 19.4 Å². The van der Waals surface area contributed by atoms with Crippen molar-refractivity contribution in [1.82, 2.24) is 5.32 Å². The lowest BCUT2D eigenvalue weighted by molar-refractivity contribution is -0.117. The third kappa shape index (κ3) is 3.81. The van der Waals surface area contributed by atoms with E-state index in [1.807, 2.05) is 18.2 Å². The van der Waals surface area contributed by atoms with Crippen molar-refractivity contribution in [3.63, 3.8) is 0 Å². The van der Waals surface area contributed by atoms with E-state index >= 15 is 0 Å². The number of nitrogens with one attached hydrogen (secondary N) is 1. The molecule has 0 radical (unpaired) electrons. The minimum Gasteiger partial charge on any atom is -0.465 e. The van der Waals surface area contributed by atoms with Gasteiger partial charge in [0.25, 0.3) is 0 Å². The molecule has 1 rings (SSSR count). The molecule has 0 saturated heterocycles. The molecule has 80 valence electrons. The summed E-state index contributed by atoms with van der Waals surface area (Å²) < 4.78 is 0. The van der Waals surface area contributed by atoms with Gasteiger partial charge in [0, 0.05) is 6.42 Å². The van der Waals surface area contributed by atoms with Crippen LogP contribution in [-0.2, 0) is 4.79 Å². The summed E-state index contributed by atoms with van der Waals surface area (Å²) in [6, 6.07) is 8.60. The highest BCUT2D eigenvalue weighted by Gasteiger charge is 2.15. The number of Topliss-reactive ketones (excluding diaryl/α,β-unsaturated/α-hetero) is 1. The molecule has 15 heavy (non-hydrogen) atoms. The van der Waals surface area contributed by atoms with E-state index in [-0.39, 0.29) is 12.2 Å². The Morgan fingerprint density at radius 3 is 2.40 bits per heavy atom. The van der Waals surface area contributed by atoms with Crippen LogP contribution in [0.1, 0.15) is 24.9 Å². The molecule has 0 heterocycles. The number of ketones is 1. The molecule has 2 N–H and O–H groups in total. The van der Waals surface area contributed by atoms with Gasteiger partial charge in [-0.15, -0.1) is 0 Å². The first kappa shape index (κ1) is 11.2. The molecule has 0 bridgehead atoms. The predicted octanol–water partition coefficient (Wildman–Crippen LogP) is 1.97. The fraction of sp³-hybridized carbons (Fsp3) is 0.273. The number of carbonyl (C=O) groups is 2. The first-order valence-electron chi connectivity index (χ1n) is 4.63. The van der Waals surface area contributed by atoms with Crippen LogP contribution in [0.4, 0.5) is 4.79 Å². The van der Waals surface area contributed by atoms with Crippen LogP contribution >= 0.6 is 0 Å². The van der Waals surface area contributed by atoms with E-state index in [2.05, 4.69) is 5.32 Å². The highest BCUT2D eigenvalue weighted by Crippen LogP contribution is 2.16. The zero-order valence-corrected chi connectivity index (χ0v) is 8.43. The molecule has 1 aromatic carbocycles. The van der Waals surface area contributed by atoms with E-state index in [0.717, 1.165) is 5.56 Å². The van der Waals surface area contributed by atoms with Crippen molar-refractivity contribution in [3.8, 4) is 0 Å². The molecule has 1 atom stereocenters. The first-order valence-corrected chi connectivity index (χ1v) is 4.63. The average Bonchev–Trinajstić information content (AvgIpc) is 2.17. The van der Waals surface area contributed by atoms with Gasteiger partial charge in [-0.1, -0.05) is 30.3 Å². The SMILES string of the molecule is CC(=O)CC(NC(=O)O)c1ccccc1. The number of carbonyl (C=O) groups excluding carboxylic acids is 1. The van der Waals surface area contributed by atoms with E-state index < -0.39 is 12.1 Å². The lowest BCUT2D eigenvalue weighted by atomic mass is 10.0. The fourth-order valence-corrected chi connectivity index (χ4v) is 1.37. The van der Waals surface area contributed by atoms with Gasteiger partial charge in [0.05, 0.1) is 6.04 Å². The van der Waals surface area contributed by atoms with Crippen molar-refractivity contribution in [2.75, 3.05) is 0 Å². The summed E-state index contributed by atoms with van der Waals surface area (Å²) >= 11 is 0. The molecule has 0 aromatic heterocycles. The van der Waals surface area contributed by atoms with Crippen molar-refractivity contribution in [2.24, 2.45) is 0 Å². The predicted molar refractivity (Wildman–Crippen MR) is 55.6 cm³/mol. The van der Waals surface area contributed by atoms with Crippen molar-refractivity contribution >= 4 is 11.9 Å². The van der Waals surface area contributed by atoms with Gasteiger partial charge in [-0.05, 0) is 12.5 Å². The van der Waals surface area contributed by atoms with Gasteiger partial charge in [-0.25, -0.2) is 4.79 Å². The van der Waals surface area contributed by atoms with E-state index in [4.69, 9.17) is 5.11 Å².